The summed E-state index contributed by atoms with van der Waals surface area (Å²) in [5, 5.41) is 0. The zero-order chi connectivity index (χ0) is 17.8. The summed E-state index contributed by atoms with van der Waals surface area (Å²) in [6.45, 7) is 3.47. The van der Waals surface area contributed by atoms with E-state index in [0.717, 1.165) is 38.5 Å². The lowest BCUT2D eigenvalue weighted by Gasteiger charge is -2.42. The molecule has 136 valence electrons. The van der Waals surface area contributed by atoms with Crippen molar-refractivity contribution in [2.45, 2.75) is 18.5 Å². The molecule has 0 aromatic heterocycles. The van der Waals surface area contributed by atoms with E-state index < -0.39 is 0 Å². The Labute approximate surface area is 155 Å². The number of morpholine rings is 1. The van der Waals surface area contributed by atoms with Crippen LogP contribution in [0.5, 0.6) is 5.75 Å². The molecule has 1 fully saturated rings. The van der Waals surface area contributed by atoms with Gasteiger partial charge < -0.3 is 14.4 Å². The molecular formula is C22H26N2O2. The lowest BCUT2D eigenvalue weighted by molar-refractivity contribution is 0.0105. The molecule has 2 aliphatic rings. The van der Waals surface area contributed by atoms with E-state index in [1.54, 1.807) is 7.11 Å². The first-order valence-electron chi connectivity index (χ1n) is 9.33. The third-order valence-electron chi connectivity index (χ3n) is 5.32. The van der Waals surface area contributed by atoms with Crippen molar-refractivity contribution in [2.75, 3.05) is 38.3 Å². The van der Waals surface area contributed by atoms with Gasteiger partial charge in [0, 0.05) is 30.5 Å². The number of para-hydroxylation sites is 2. The molecule has 0 bridgehead atoms. The van der Waals surface area contributed by atoms with E-state index in [1.165, 1.54) is 11.3 Å². The van der Waals surface area contributed by atoms with Gasteiger partial charge in [0.1, 0.15) is 5.75 Å². The fraction of sp³-hybridized carbons (Fsp3) is 0.364. The van der Waals surface area contributed by atoms with Crippen LogP contribution in [-0.4, -0.2) is 44.4 Å². The van der Waals surface area contributed by atoms with Gasteiger partial charge in [-0.05, 0) is 24.6 Å². The zero-order valence-electron chi connectivity index (χ0n) is 15.3. The van der Waals surface area contributed by atoms with Crippen LogP contribution < -0.4 is 9.64 Å². The Morgan fingerprint density at radius 3 is 2.50 bits per heavy atom. The van der Waals surface area contributed by atoms with E-state index in [-0.39, 0.29) is 6.04 Å². The van der Waals surface area contributed by atoms with Crippen LogP contribution in [0.4, 0.5) is 5.69 Å². The molecule has 4 heteroatoms. The summed E-state index contributed by atoms with van der Waals surface area (Å²) in [4.78, 5) is 4.96. The van der Waals surface area contributed by atoms with Crippen molar-refractivity contribution < 1.29 is 9.47 Å². The van der Waals surface area contributed by atoms with Crippen molar-refractivity contribution >= 4 is 5.69 Å². The monoisotopic (exact) mass is 350 g/mol. The van der Waals surface area contributed by atoms with Gasteiger partial charge in [0.25, 0.3) is 0 Å². The highest BCUT2D eigenvalue weighted by Gasteiger charge is 2.36. The largest absolute Gasteiger partial charge is 0.496 e. The van der Waals surface area contributed by atoms with Crippen LogP contribution in [-0.2, 0) is 4.74 Å². The van der Waals surface area contributed by atoms with Gasteiger partial charge in [0.2, 0.25) is 0 Å². The van der Waals surface area contributed by atoms with Gasteiger partial charge in [-0.1, -0.05) is 42.5 Å². The molecule has 0 saturated carbocycles. The second-order valence-electron chi connectivity index (χ2n) is 6.77. The van der Waals surface area contributed by atoms with Crippen LogP contribution >= 0.6 is 0 Å². The summed E-state index contributed by atoms with van der Waals surface area (Å²) >= 11 is 0. The van der Waals surface area contributed by atoms with Crippen molar-refractivity contribution in [3.05, 3.63) is 72.4 Å². The predicted molar refractivity (Wildman–Crippen MR) is 105 cm³/mol. The summed E-state index contributed by atoms with van der Waals surface area (Å²) in [5.41, 5.74) is 2.49. The van der Waals surface area contributed by atoms with E-state index in [0.29, 0.717) is 6.04 Å². The highest BCUT2D eigenvalue weighted by Crippen LogP contribution is 2.39. The number of anilines is 1. The van der Waals surface area contributed by atoms with Gasteiger partial charge in [-0.25, -0.2) is 0 Å². The topological polar surface area (TPSA) is 24.9 Å². The van der Waals surface area contributed by atoms with Gasteiger partial charge in [0.15, 0.2) is 0 Å². The molecular weight excluding hydrogens is 324 g/mol. The first-order valence-corrected chi connectivity index (χ1v) is 9.33. The first-order chi connectivity index (χ1) is 12.9. The first kappa shape index (κ1) is 17.1. The number of hydrogen-bond donors (Lipinski definition) is 0. The summed E-state index contributed by atoms with van der Waals surface area (Å²) in [5.74, 6) is 0.962. The number of ether oxygens (including phenoxy) is 2. The summed E-state index contributed by atoms with van der Waals surface area (Å²) in [6.07, 6.45) is 5.53. The maximum atomic E-state index is 5.72. The van der Waals surface area contributed by atoms with Gasteiger partial charge >= 0.3 is 0 Å². The molecule has 26 heavy (non-hydrogen) atoms. The summed E-state index contributed by atoms with van der Waals surface area (Å²) < 4.78 is 11.3. The second-order valence-corrected chi connectivity index (χ2v) is 6.77. The predicted octanol–water partition coefficient (Wildman–Crippen LogP) is 3.86. The maximum absolute atomic E-state index is 5.72. The Morgan fingerprint density at radius 1 is 1.00 bits per heavy atom. The number of methoxy groups -OCH3 is 1. The molecule has 2 atom stereocenters. The minimum atomic E-state index is 0.255. The van der Waals surface area contributed by atoms with Crippen LogP contribution in [0.1, 0.15) is 18.0 Å². The van der Waals surface area contributed by atoms with Crippen LogP contribution in [0.25, 0.3) is 0 Å². The standard InChI is InChI=1S/C22H26N2O2/c1-25-21-12-6-5-10-19(21)22(23-14-16-26-17-15-23)20-11-7-13-24(20)18-8-3-2-4-9-18/h2-10,12-13,20,22H,11,14-17H2,1H3. The summed E-state index contributed by atoms with van der Waals surface area (Å²) in [6, 6.07) is 19.7. The SMILES string of the molecule is COc1ccccc1C(C1CC=CN1c1ccccc1)N1CCOCC1. The average Bonchev–Trinajstić information content (AvgIpc) is 3.19. The smallest absolute Gasteiger partial charge is 0.123 e. The maximum Gasteiger partial charge on any atom is 0.123 e. The second kappa shape index (κ2) is 7.94. The lowest BCUT2D eigenvalue weighted by atomic mass is 9.94. The van der Waals surface area contributed by atoms with Crippen molar-refractivity contribution in [1.29, 1.82) is 0 Å². The summed E-state index contributed by atoms with van der Waals surface area (Å²) in [7, 11) is 1.76. The Kier molecular flexibility index (Phi) is 5.23. The molecule has 2 unspecified atom stereocenters. The molecule has 4 nitrogen and oxygen atoms in total. The third-order valence-corrected chi connectivity index (χ3v) is 5.32. The number of hydrogen-bond acceptors (Lipinski definition) is 4. The van der Waals surface area contributed by atoms with E-state index in [2.05, 4.69) is 70.6 Å². The van der Waals surface area contributed by atoms with Gasteiger partial charge in [-0.2, -0.15) is 0 Å². The van der Waals surface area contributed by atoms with Gasteiger partial charge in [0.05, 0.1) is 32.4 Å². The van der Waals surface area contributed by atoms with E-state index in [9.17, 15) is 0 Å². The fourth-order valence-corrected chi connectivity index (χ4v) is 4.11. The lowest BCUT2D eigenvalue weighted by Crippen LogP contribution is -2.47. The Balaban J connectivity index is 1.73. The van der Waals surface area contributed by atoms with Gasteiger partial charge in [-0.3, -0.25) is 4.90 Å². The fourth-order valence-electron chi connectivity index (χ4n) is 4.11. The van der Waals surface area contributed by atoms with Crippen molar-refractivity contribution in [3.63, 3.8) is 0 Å². The Hall–Kier alpha value is -2.30. The normalized spacial score (nSPS) is 21.7. The molecule has 2 heterocycles. The van der Waals surface area contributed by atoms with Crippen molar-refractivity contribution in [2.24, 2.45) is 0 Å². The molecule has 0 amide bonds. The van der Waals surface area contributed by atoms with Gasteiger partial charge in [-0.15, -0.1) is 0 Å². The van der Waals surface area contributed by atoms with E-state index in [4.69, 9.17) is 9.47 Å². The minimum absolute atomic E-state index is 0.255. The number of nitrogens with zero attached hydrogens (tertiary/aromatic N) is 2. The van der Waals surface area contributed by atoms with Crippen LogP contribution in [0.3, 0.4) is 0 Å². The van der Waals surface area contributed by atoms with Crippen molar-refractivity contribution in [3.8, 4) is 5.75 Å². The van der Waals surface area contributed by atoms with Crippen LogP contribution in [0.15, 0.2) is 66.9 Å². The molecule has 0 radical (unpaired) electrons. The van der Waals surface area contributed by atoms with E-state index >= 15 is 0 Å². The van der Waals surface area contributed by atoms with Crippen LogP contribution in [0.2, 0.25) is 0 Å². The quantitative estimate of drug-likeness (QED) is 0.817. The Morgan fingerprint density at radius 2 is 1.73 bits per heavy atom. The molecule has 2 aliphatic heterocycles. The highest BCUT2D eigenvalue weighted by atomic mass is 16.5. The molecule has 1 saturated heterocycles. The molecule has 4 rings (SSSR count). The molecule has 2 aromatic carbocycles. The average molecular weight is 350 g/mol. The Bertz CT molecular complexity index is 741. The van der Waals surface area contributed by atoms with Crippen LogP contribution in [0, 0.1) is 0 Å². The zero-order valence-corrected chi connectivity index (χ0v) is 15.3. The minimum Gasteiger partial charge on any atom is -0.496 e. The number of benzene rings is 2. The molecule has 0 spiro atoms. The van der Waals surface area contributed by atoms with E-state index in [1.807, 2.05) is 6.07 Å². The van der Waals surface area contributed by atoms with Crippen molar-refractivity contribution in [1.82, 2.24) is 4.90 Å². The molecule has 2 aromatic rings. The molecule has 0 aliphatic carbocycles. The highest BCUT2D eigenvalue weighted by molar-refractivity contribution is 5.53. The molecule has 0 N–H and O–H groups in total. The third kappa shape index (κ3) is 3.35. The number of rotatable bonds is 5.